The molecule has 1 aliphatic heterocycles. The molecule has 2 nitrogen and oxygen atoms in total. The molecule has 2 N–H and O–H groups in total. The largest absolute Gasteiger partial charge is 0.367 e. The van der Waals surface area contributed by atoms with Crippen molar-refractivity contribution in [3.63, 3.8) is 0 Å². The van der Waals surface area contributed by atoms with Crippen LogP contribution in [0.5, 0.6) is 0 Å². The minimum absolute atomic E-state index is 0.123. The molecule has 1 amide bonds. The van der Waals surface area contributed by atoms with Gasteiger partial charge in [0.15, 0.2) is 6.17 Å². The van der Waals surface area contributed by atoms with Crippen LogP contribution in [0.2, 0.25) is 0 Å². The van der Waals surface area contributed by atoms with Crippen molar-refractivity contribution < 1.29 is 9.18 Å². The van der Waals surface area contributed by atoms with Gasteiger partial charge >= 0.3 is 0 Å². The molecular weight excluding hydrogens is 153 g/mol. The number of carbonyl (C=O) groups excluding carboxylic acids is 1. The molecule has 0 aromatic rings. The Morgan fingerprint density at radius 1 is 1.80 bits per heavy atom. The van der Waals surface area contributed by atoms with E-state index in [0.717, 1.165) is 17.9 Å². The molecule has 2 unspecified atom stereocenters. The number of amides is 1. The van der Waals surface area contributed by atoms with E-state index in [9.17, 15) is 9.18 Å². The molecule has 58 valence electrons. The first kappa shape index (κ1) is 7.85. The molecule has 2 atom stereocenters. The summed E-state index contributed by atoms with van der Waals surface area (Å²) in [6, 6.07) is 0. The summed E-state index contributed by atoms with van der Waals surface area (Å²) in [5, 5.41) is 0. The summed E-state index contributed by atoms with van der Waals surface area (Å²) in [4.78, 5) is 10.3. The summed E-state index contributed by atoms with van der Waals surface area (Å²) in [5.41, 5.74) is 4.79. The standard InChI is InChI=1S/C6H10FNOS/c7-5(6(8)9)4-1-2-10-3-4/h4-5H,1-3H2,(H2,8,9). The smallest absolute Gasteiger partial charge is 0.252 e. The lowest BCUT2D eigenvalue weighted by molar-refractivity contribution is -0.124. The van der Waals surface area contributed by atoms with Crippen molar-refractivity contribution in [3.05, 3.63) is 0 Å². The van der Waals surface area contributed by atoms with Crippen LogP contribution in [0.1, 0.15) is 6.42 Å². The second-order valence-corrected chi connectivity index (χ2v) is 3.58. The van der Waals surface area contributed by atoms with Crippen LogP contribution in [0.3, 0.4) is 0 Å². The van der Waals surface area contributed by atoms with Crippen LogP contribution in [0.15, 0.2) is 0 Å². The SMILES string of the molecule is NC(=O)C(F)C1CCSC1. The van der Waals surface area contributed by atoms with Crippen LogP contribution in [0.4, 0.5) is 4.39 Å². The van der Waals surface area contributed by atoms with Crippen LogP contribution in [0.25, 0.3) is 0 Å². The summed E-state index contributed by atoms with van der Waals surface area (Å²) in [6.45, 7) is 0. The highest BCUT2D eigenvalue weighted by Gasteiger charge is 2.28. The first-order chi connectivity index (χ1) is 4.72. The normalized spacial score (nSPS) is 28.3. The van der Waals surface area contributed by atoms with E-state index in [-0.39, 0.29) is 5.92 Å². The average molecular weight is 163 g/mol. The molecule has 0 aliphatic carbocycles. The second kappa shape index (κ2) is 3.23. The number of carbonyl (C=O) groups is 1. The third-order valence-corrected chi connectivity index (χ3v) is 2.84. The fraction of sp³-hybridized carbons (Fsp3) is 0.833. The number of primary amides is 1. The lowest BCUT2D eigenvalue weighted by Crippen LogP contribution is -2.31. The summed E-state index contributed by atoms with van der Waals surface area (Å²) in [5.74, 6) is 0.762. The summed E-state index contributed by atoms with van der Waals surface area (Å²) in [7, 11) is 0. The average Bonchev–Trinajstić information content (AvgIpc) is 2.36. The minimum Gasteiger partial charge on any atom is -0.367 e. The van der Waals surface area contributed by atoms with E-state index in [1.807, 2.05) is 0 Å². The highest BCUT2D eigenvalue weighted by Crippen LogP contribution is 2.27. The molecule has 1 fully saturated rings. The quantitative estimate of drug-likeness (QED) is 0.646. The third-order valence-electron chi connectivity index (χ3n) is 1.65. The Bertz CT molecular complexity index is 136. The second-order valence-electron chi connectivity index (χ2n) is 2.43. The van der Waals surface area contributed by atoms with Crippen LogP contribution in [0, 0.1) is 5.92 Å². The van der Waals surface area contributed by atoms with Gasteiger partial charge in [-0.2, -0.15) is 11.8 Å². The Morgan fingerprint density at radius 3 is 2.90 bits per heavy atom. The van der Waals surface area contributed by atoms with Gasteiger partial charge < -0.3 is 5.73 Å². The van der Waals surface area contributed by atoms with Gasteiger partial charge in [-0.15, -0.1) is 0 Å². The van der Waals surface area contributed by atoms with Gasteiger partial charge in [-0.3, -0.25) is 4.79 Å². The number of rotatable bonds is 2. The van der Waals surface area contributed by atoms with Gasteiger partial charge in [0.05, 0.1) is 0 Å². The van der Waals surface area contributed by atoms with E-state index in [0.29, 0.717) is 0 Å². The van der Waals surface area contributed by atoms with E-state index >= 15 is 0 Å². The Balaban J connectivity index is 2.39. The highest BCUT2D eigenvalue weighted by molar-refractivity contribution is 7.99. The lowest BCUT2D eigenvalue weighted by Gasteiger charge is -2.09. The first-order valence-corrected chi connectivity index (χ1v) is 4.38. The lowest BCUT2D eigenvalue weighted by atomic mass is 10.0. The van der Waals surface area contributed by atoms with Crippen molar-refractivity contribution in [1.29, 1.82) is 0 Å². The van der Waals surface area contributed by atoms with E-state index < -0.39 is 12.1 Å². The maximum absolute atomic E-state index is 12.7. The number of halogens is 1. The fourth-order valence-electron chi connectivity index (χ4n) is 1.02. The molecule has 1 aliphatic rings. The number of thioether (sulfide) groups is 1. The van der Waals surface area contributed by atoms with Crippen molar-refractivity contribution in [2.45, 2.75) is 12.6 Å². The Kier molecular flexibility index (Phi) is 2.54. The first-order valence-electron chi connectivity index (χ1n) is 3.23. The molecular formula is C6H10FNOS. The minimum atomic E-state index is -1.42. The molecule has 0 saturated carbocycles. The van der Waals surface area contributed by atoms with E-state index in [4.69, 9.17) is 5.73 Å². The van der Waals surface area contributed by atoms with Crippen molar-refractivity contribution in [1.82, 2.24) is 0 Å². The number of alkyl halides is 1. The van der Waals surface area contributed by atoms with Crippen molar-refractivity contribution >= 4 is 17.7 Å². The summed E-state index contributed by atoms with van der Waals surface area (Å²) in [6.07, 6.45) is -0.635. The van der Waals surface area contributed by atoms with Gasteiger partial charge in [0.1, 0.15) is 0 Å². The monoisotopic (exact) mass is 163 g/mol. The zero-order valence-corrected chi connectivity index (χ0v) is 6.36. The topological polar surface area (TPSA) is 43.1 Å². The van der Waals surface area contributed by atoms with Crippen molar-refractivity contribution in [3.8, 4) is 0 Å². The number of hydrogen-bond donors (Lipinski definition) is 1. The van der Waals surface area contributed by atoms with Gasteiger partial charge in [0.25, 0.3) is 5.91 Å². The van der Waals surface area contributed by atoms with Crippen molar-refractivity contribution in [2.75, 3.05) is 11.5 Å². The van der Waals surface area contributed by atoms with Gasteiger partial charge in [-0.05, 0) is 17.9 Å². The van der Waals surface area contributed by atoms with Gasteiger partial charge in [-0.25, -0.2) is 4.39 Å². The maximum atomic E-state index is 12.7. The zero-order valence-electron chi connectivity index (χ0n) is 5.55. The Labute approximate surface area is 63.3 Å². The molecule has 0 aromatic carbocycles. The zero-order chi connectivity index (χ0) is 7.56. The van der Waals surface area contributed by atoms with Crippen LogP contribution >= 0.6 is 11.8 Å². The Morgan fingerprint density at radius 2 is 2.50 bits per heavy atom. The van der Waals surface area contributed by atoms with Crippen molar-refractivity contribution in [2.24, 2.45) is 11.7 Å². The predicted molar refractivity (Wildman–Crippen MR) is 39.5 cm³/mol. The van der Waals surface area contributed by atoms with E-state index in [1.54, 1.807) is 11.8 Å². The molecule has 1 saturated heterocycles. The molecule has 1 heterocycles. The molecule has 0 bridgehead atoms. The maximum Gasteiger partial charge on any atom is 0.252 e. The highest BCUT2D eigenvalue weighted by atomic mass is 32.2. The number of nitrogens with two attached hydrogens (primary N) is 1. The molecule has 1 rings (SSSR count). The van der Waals surface area contributed by atoms with Crippen LogP contribution in [-0.2, 0) is 4.79 Å². The number of hydrogen-bond acceptors (Lipinski definition) is 2. The van der Waals surface area contributed by atoms with Crippen LogP contribution in [-0.4, -0.2) is 23.6 Å². The molecule has 10 heavy (non-hydrogen) atoms. The van der Waals surface area contributed by atoms with Gasteiger partial charge in [0.2, 0.25) is 0 Å². The molecule has 4 heteroatoms. The molecule has 0 radical (unpaired) electrons. The predicted octanol–water partition coefficient (Wildman–Crippen LogP) is 0.563. The molecule has 0 aromatic heterocycles. The van der Waals surface area contributed by atoms with E-state index in [1.165, 1.54) is 0 Å². The Hall–Kier alpha value is -0.250. The molecule has 0 spiro atoms. The summed E-state index contributed by atoms with van der Waals surface area (Å²) >= 11 is 1.68. The fourth-order valence-corrected chi connectivity index (χ4v) is 2.29. The van der Waals surface area contributed by atoms with Gasteiger partial charge in [0, 0.05) is 5.92 Å². The summed E-state index contributed by atoms with van der Waals surface area (Å²) < 4.78 is 12.7. The van der Waals surface area contributed by atoms with E-state index in [2.05, 4.69) is 0 Å². The third kappa shape index (κ3) is 1.62. The van der Waals surface area contributed by atoms with Gasteiger partial charge in [-0.1, -0.05) is 0 Å². The van der Waals surface area contributed by atoms with Crippen LogP contribution < -0.4 is 5.73 Å².